The monoisotopic (exact) mass is 436 g/mol. The van der Waals surface area contributed by atoms with Gasteiger partial charge in [0.25, 0.3) is 20.2 Å². The molecule has 0 aliphatic carbocycles. The zero-order chi connectivity index (χ0) is 20.8. The lowest BCUT2D eigenvalue weighted by atomic mass is 10.2. The van der Waals surface area contributed by atoms with Gasteiger partial charge in [-0.2, -0.15) is 16.8 Å². The number of benzene rings is 2. The first-order valence-electron chi connectivity index (χ1n) is 8.52. The van der Waals surface area contributed by atoms with E-state index in [2.05, 4.69) is 19.9 Å². The normalized spacial score (nSPS) is 12.8. The molecule has 0 saturated carbocycles. The number of hydrogen-bond acceptors (Lipinski definition) is 6. The highest BCUT2D eigenvalue weighted by Gasteiger charge is 2.13. The van der Waals surface area contributed by atoms with E-state index >= 15 is 0 Å². The van der Waals surface area contributed by atoms with Crippen LogP contribution in [0.5, 0.6) is 0 Å². The molecule has 2 aromatic heterocycles. The third-order valence-electron chi connectivity index (χ3n) is 4.43. The second-order valence-corrected chi connectivity index (χ2v) is 9.37. The minimum absolute atomic E-state index is 0.202. The Kier molecular flexibility index (Phi) is 4.65. The Morgan fingerprint density at radius 2 is 1.14 bits per heavy atom. The van der Waals surface area contributed by atoms with E-state index in [1.54, 1.807) is 0 Å². The van der Waals surface area contributed by atoms with Gasteiger partial charge in [-0.25, -0.2) is 9.97 Å². The molecule has 0 unspecified atom stereocenters. The number of nitrogens with zero attached hydrogens (tertiary/aromatic N) is 2. The lowest BCUT2D eigenvalue weighted by Gasteiger charge is -1.96. The van der Waals surface area contributed by atoms with Crippen LogP contribution in [0.15, 0.2) is 46.2 Å². The number of aryl methyl sites for hydroxylation is 2. The number of hydrogen-bond donors (Lipinski definition) is 4. The maximum absolute atomic E-state index is 11.2. The fourth-order valence-corrected chi connectivity index (χ4v) is 4.08. The van der Waals surface area contributed by atoms with Crippen molar-refractivity contribution >= 4 is 42.3 Å². The molecule has 2 aromatic carbocycles. The number of aromatic amines is 2. The number of imidazole rings is 2. The van der Waals surface area contributed by atoms with E-state index in [4.69, 9.17) is 9.11 Å². The van der Waals surface area contributed by atoms with E-state index in [1.807, 2.05) is 0 Å². The highest BCUT2D eigenvalue weighted by atomic mass is 32.2. The van der Waals surface area contributed by atoms with Crippen LogP contribution in [0.2, 0.25) is 0 Å². The summed E-state index contributed by atoms with van der Waals surface area (Å²) in [6, 6.07) is 8.27. The summed E-state index contributed by atoms with van der Waals surface area (Å²) >= 11 is 0. The number of fused-ring (bicyclic) bond motifs is 2. The summed E-state index contributed by atoms with van der Waals surface area (Å²) in [5.41, 5.74) is 2.20. The van der Waals surface area contributed by atoms with Crippen molar-refractivity contribution in [2.75, 3.05) is 0 Å². The Morgan fingerprint density at radius 1 is 0.724 bits per heavy atom. The van der Waals surface area contributed by atoms with E-state index in [0.717, 1.165) is 0 Å². The lowest BCUT2D eigenvalue weighted by molar-refractivity contribution is 0.481. The van der Waals surface area contributed by atoms with Crippen LogP contribution >= 0.6 is 0 Å². The van der Waals surface area contributed by atoms with Crippen LogP contribution in [-0.2, 0) is 33.1 Å². The summed E-state index contributed by atoms with van der Waals surface area (Å²) in [5.74, 6) is 1.33. The molecule has 0 atom stereocenters. The third-order valence-corrected chi connectivity index (χ3v) is 6.13. The molecular weight excluding hydrogens is 420 g/mol. The van der Waals surface area contributed by atoms with Gasteiger partial charge in [-0.15, -0.1) is 0 Å². The fraction of sp³-hybridized carbons (Fsp3) is 0.176. The molecule has 4 rings (SSSR count). The molecule has 0 aliphatic heterocycles. The number of rotatable bonds is 6. The second kappa shape index (κ2) is 6.91. The molecule has 4 aromatic rings. The van der Waals surface area contributed by atoms with E-state index < -0.39 is 20.2 Å². The Balaban J connectivity index is 1.47. The van der Waals surface area contributed by atoms with Gasteiger partial charge < -0.3 is 9.97 Å². The maximum Gasteiger partial charge on any atom is 0.294 e. The molecule has 0 aliphatic rings. The molecule has 29 heavy (non-hydrogen) atoms. The third kappa shape index (κ3) is 4.15. The summed E-state index contributed by atoms with van der Waals surface area (Å²) in [7, 11) is -8.55. The molecule has 0 spiro atoms. The molecule has 0 bridgehead atoms. The molecule has 0 amide bonds. The van der Waals surface area contributed by atoms with Gasteiger partial charge in [-0.3, -0.25) is 9.11 Å². The first-order valence-corrected chi connectivity index (χ1v) is 11.4. The molecule has 0 radical (unpaired) electrons. The van der Waals surface area contributed by atoms with Crippen molar-refractivity contribution < 1.29 is 25.9 Å². The Hall–Kier alpha value is -2.80. The van der Waals surface area contributed by atoms with Crippen LogP contribution in [-0.4, -0.2) is 45.9 Å². The first-order chi connectivity index (χ1) is 13.6. The van der Waals surface area contributed by atoms with Gasteiger partial charge in [0, 0.05) is 12.8 Å². The predicted molar refractivity (Wildman–Crippen MR) is 104 cm³/mol. The first kappa shape index (κ1) is 19.5. The van der Waals surface area contributed by atoms with Crippen molar-refractivity contribution in [1.82, 2.24) is 19.9 Å². The smallest absolute Gasteiger partial charge is 0.294 e. The van der Waals surface area contributed by atoms with Gasteiger partial charge >= 0.3 is 0 Å². The van der Waals surface area contributed by atoms with Crippen LogP contribution in [0.4, 0.5) is 0 Å². The van der Waals surface area contributed by atoms with Crippen molar-refractivity contribution in [3.05, 3.63) is 48.0 Å². The Labute approximate surface area is 165 Å². The van der Waals surface area contributed by atoms with Crippen LogP contribution in [0, 0.1) is 0 Å². The lowest BCUT2D eigenvalue weighted by Crippen LogP contribution is -1.97. The van der Waals surface area contributed by atoms with Gasteiger partial charge in [0.1, 0.15) is 11.6 Å². The quantitative estimate of drug-likeness (QED) is 0.333. The maximum atomic E-state index is 11.2. The zero-order valence-corrected chi connectivity index (χ0v) is 16.5. The molecule has 2 heterocycles. The van der Waals surface area contributed by atoms with Crippen molar-refractivity contribution in [2.24, 2.45) is 0 Å². The second-order valence-electron chi connectivity index (χ2n) is 6.53. The fourth-order valence-electron chi connectivity index (χ4n) is 3.06. The van der Waals surface area contributed by atoms with Gasteiger partial charge in [0.15, 0.2) is 0 Å². The van der Waals surface area contributed by atoms with Crippen LogP contribution < -0.4 is 0 Å². The highest BCUT2D eigenvalue weighted by Crippen LogP contribution is 2.20. The SMILES string of the molecule is O=S(=O)(O)c1ccc2nc(CCCc3nc4ccc(S(=O)(=O)O)cc4[nH]3)[nH]c2c1. The number of aromatic nitrogens is 4. The average Bonchev–Trinajstić information content (AvgIpc) is 3.21. The summed E-state index contributed by atoms with van der Waals surface area (Å²) in [6.07, 6.45) is 1.82. The van der Waals surface area contributed by atoms with Gasteiger partial charge in [0.05, 0.1) is 31.9 Å². The van der Waals surface area contributed by atoms with Crippen molar-refractivity contribution in [3.8, 4) is 0 Å². The molecule has 152 valence electrons. The minimum atomic E-state index is -4.28. The van der Waals surface area contributed by atoms with E-state index in [9.17, 15) is 16.8 Å². The number of nitrogens with one attached hydrogen (secondary N) is 2. The summed E-state index contributed by atoms with van der Waals surface area (Å²) in [6.45, 7) is 0. The zero-order valence-electron chi connectivity index (χ0n) is 14.8. The van der Waals surface area contributed by atoms with Crippen LogP contribution in [0.3, 0.4) is 0 Å². The van der Waals surface area contributed by atoms with Crippen molar-refractivity contribution in [2.45, 2.75) is 29.1 Å². The Morgan fingerprint density at radius 3 is 1.52 bits per heavy atom. The van der Waals surface area contributed by atoms with Crippen LogP contribution in [0.25, 0.3) is 22.1 Å². The molecular formula is C17H16N4O6S2. The largest absolute Gasteiger partial charge is 0.342 e. The number of H-pyrrole nitrogens is 2. The molecule has 12 heteroatoms. The Bertz CT molecular complexity index is 1330. The van der Waals surface area contributed by atoms with Crippen LogP contribution in [0.1, 0.15) is 18.1 Å². The summed E-state index contributed by atoms with van der Waals surface area (Å²) < 4.78 is 63.2. The molecule has 0 fully saturated rings. The van der Waals surface area contributed by atoms with E-state index in [0.29, 0.717) is 53.0 Å². The van der Waals surface area contributed by atoms with Gasteiger partial charge in [-0.05, 0) is 42.8 Å². The standard InChI is InChI=1S/C17H16N4O6S2/c22-28(23,24)10-4-6-12-14(8-10)20-16(18-12)2-1-3-17-19-13-7-5-11(29(25,26)27)9-15(13)21-17/h4-9H,1-3H2,(H,18,20)(H,19,21)(H,22,23,24)(H,25,26,27). The average molecular weight is 436 g/mol. The summed E-state index contributed by atoms with van der Waals surface area (Å²) in [5, 5.41) is 0. The summed E-state index contributed by atoms with van der Waals surface area (Å²) in [4.78, 5) is 14.4. The van der Waals surface area contributed by atoms with Gasteiger partial charge in [0.2, 0.25) is 0 Å². The van der Waals surface area contributed by atoms with Crippen molar-refractivity contribution in [1.29, 1.82) is 0 Å². The molecule has 0 saturated heterocycles. The highest BCUT2D eigenvalue weighted by molar-refractivity contribution is 7.86. The molecule has 10 nitrogen and oxygen atoms in total. The molecule has 4 N–H and O–H groups in total. The van der Waals surface area contributed by atoms with E-state index in [-0.39, 0.29) is 9.79 Å². The van der Waals surface area contributed by atoms with Gasteiger partial charge in [-0.1, -0.05) is 0 Å². The van der Waals surface area contributed by atoms with E-state index in [1.165, 1.54) is 36.4 Å². The van der Waals surface area contributed by atoms with Crippen molar-refractivity contribution in [3.63, 3.8) is 0 Å². The predicted octanol–water partition coefficient (Wildman–Crippen LogP) is 2.11. The minimum Gasteiger partial charge on any atom is -0.342 e. The topological polar surface area (TPSA) is 166 Å².